The number of ether oxygens (including phenoxy) is 1. The fourth-order valence-electron chi connectivity index (χ4n) is 2.43. The summed E-state index contributed by atoms with van der Waals surface area (Å²) in [6.07, 6.45) is 4.19. The molecule has 0 radical (unpaired) electrons. The van der Waals surface area contributed by atoms with Crippen molar-refractivity contribution in [2.75, 3.05) is 7.11 Å². The van der Waals surface area contributed by atoms with Crippen molar-refractivity contribution < 1.29 is 14.3 Å². The Morgan fingerprint density at radius 3 is 2.38 bits per heavy atom. The zero-order valence-corrected chi connectivity index (χ0v) is 13.2. The lowest BCUT2D eigenvalue weighted by molar-refractivity contribution is 0.183. The van der Waals surface area contributed by atoms with Crippen molar-refractivity contribution in [3.63, 3.8) is 0 Å². The molecular formula is C14H26N4O3. The molecular weight excluding hydrogens is 272 g/mol. The quantitative estimate of drug-likeness (QED) is 0.539. The fraction of sp³-hybridized carbons (Fsp3) is 0.786. The summed E-state index contributed by atoms with van der Waals surface area (Å²) < 4.78 is 4.74. The summed E-state index contributed by atoms with van der Waals surface area (Å²) in [5, 5.41) is 13.1. The Morgan fingerprint density at radius 2 is 1.86 bits per heavy atom. The molecule has 0 bridgehead atoms. The number of nitrogens with zero attached hydrogens (tertiary/aromatic N) is 1. The highest BCUT2D eigenvalue weighted by Gasteiger charge is 2.31. The van der Waals surface area contributed by atoms with E-state index in [-0.39, 0.29) is 12.1 Å². The van der Waals surface area contributed by atoms with E-state index in [0.717, 1.165) is 19.3 Å². The predicted molar refractivity (Wildman–Crippen MR) is 80.2 cm³/mol. The standard InChI is InChI=1S/C14H26N4O3/c1-9(2)16-13(19)18(12(15)21-4)14(20)17-11-8-6-5-7-10(11)3/h9-11,15H,5-8H2,1-4H3,(H,16,19)(H,17,20). The monoisotopic (exact) mass is 298 g/mol. The topological polar surface area (TPSA) is 94.5 Å². The molecule has 0 aromatic heterocycles. The van der Waals surface area contributed by atoms with Gasteiger partial charge in [0.25, 0.3) is 0 Å². The van der Waals surface area contributed by atoms with Gasteiger partial charge in [-0.15, -0.1) is 0 Å². The summed E-state index contributed by atoms with van der Waals surface area (Å²) in [6.45, 7) is 5.66. The van der Waals surface area contributed by atoms with Gasteiger partial charge in [0.15, 0.2) is 0 Å². The van der Waals surface area contributed by atoms with Crippen LogP contribution >= 0.6 is 0 Å². The van der Waals surface area contributed by atoms with Crippen LogP contribution in [0.1, 0.15) is 46.5 Å². The minimum absolute atomic E-state index is 0.0326. The Hall–Kier alpha value is -1.79. The molecule has 4 amide bonds. The first-order valence-corrected chi connectivity index (χ1v) is 7.40. The first kappa shape index (κ1) is 17.3. The second-order valence-electron chi connectivity index (χ2n) is 5.77. The van der Waals surface area contributed by atoms with Gasteiger partial charge in [0.1, 0.15) is 0 Å². The number of carbonyl (C=O) groups is 2. The van der Waals surface area contributed by atoms with E-state index in [1.54, 1.807) is 13.8 Å². The van der Waals surface area contributed by atoms with E-state index >= 15 is 0 Å². The van der Waals surface area contributed by atoms with Crippen LogP contribution in [0.2, 0.25) is 0 Å². The number of rotatable bonds is 2. The molecule has 0 saturated heterocycles. The summed E-state index contributed by atoms with van der Waals surface area (Å²) >= 11 is 0. The van der Waals surface area contributed by atoms with Crippen LogP contribution in [0, 0.1) is 11.3 Å². The van der Waals surface area contributed by atoms with Gasteiger partial charge in [-0.3, -0.25) is 5.41 Å². The summed E-state index contributed by atoms with van der Waals surface area (Å²) in [7, 11) is 1.26. The molecule has 0 aliphatic heterocycles. The van der Waals surface area contributed by atoms with Crippen LogP contribution in [0.15, 0.2) is 0 Å². The Labute approximate surface area is 125 Å². The molecule has 0 spiro atoms. The van der Waals surface area contributed by atoms with Crippen molar-refractivity contribution in [2.45, 2.75) is 58.5 Å². The molecule has 120 valence electrons. The summed E-state index contributed by atoms with van der Waals surface area (Å²) in [5.74, 6) is 0.370. The van der Waals surface area contributed by atoms with E-state index < -0.39 is 18.1 Å². The molecule has 0 aromatic carbocycles. The van der Waals surface area contributed by atoms with E-state index in [1.807, 2.05) is 0 Å². The molecule has 1 fully saturated rings. The first-order valence-electron chi connectivity index (χ1n) is 7.40. The SMILES string of the molecule is COC(=N)N(C(=O)NC(C)C)C(=O)NC1CCCCC1C. The molecule has 7 heteroatoms. The molecule has 1 rings (SSSR count). The second kappa shape index (κ2) is 7.85. The van der Waals surface area contributed by atoms with Crippen molar-refractivity contribution in [2.24, 2.45) is 5.92 Å². The Bertz CT molecular complexity index is 398. The highest BCUT2D eigenvalue weighted by Crippen LogP contribution is 2.23. The average molecular weight is 298 g/mol. The maximum Gasteiger partial charge on any atom is 0.334 e. The third-order valence-corrected chi connectivity index (χ3v) is 3.64. The maximum absolute atomic E-state index is 12.3. The van der Waals surface area contributed by atoms with Gasteiger partial charge >= 0.3 is 18.1 Å². The minimum atomic E-state index is -0.655. The van der Waals surface area contributed by atoms with Gasteiger partial charge in [-0.05, 0) is 32.6 Å². The molecule has 1 aliphatic carbocycles. The van der Waals surface area contributed by atoms with E-state index in [9.17, 15) is 9.59 Å². The highest BCUT2D eigenvalue weighted by atomic mass is 16.5. The van der Waals surface area contributed by atoms with Gasteiger partial charge in [-0.25, -0.2) is 9.59 Å². The van der Waals surface area contributed by atoms with Crippen LogP contribution in [-0.4, -0.2) is 42.2 Å². The lowest BCUT2D eigenvalue weighted by atomic mass is 9.86. The van der Waals surface area contributed by atoms with E-state index in [2.05, 4.69) is 17.6 Å². The number of hydrogen-bond acceptors (Lipinski definition) is 4. The largest absolute Gasteiger partial charge is 0.468 e. The maximum atomic E-state index is 12.3. The van der Waals surface area contributed by atoms with Crippen LogP contribution < -0.4 is 10.6 Å². The number of amidine groups is 1. The summed E-state index contributed by atoms with van der Waals surface area (Å²) in [4.78, 5) is 25.1. The number of urea groups is 2. The molecule has 7 nitrogen and oxygen atoms in total. The van der Waals surface area contributed by atoms with Crippen molar-refractivity contribution in [3.05, 3.63) is 0 Å². The van der Waals surface area contributed by atoms with Crippen molar-refractivity contribution in [3.8, 4) is 0 Å². The van der Waals surface area contributed by atoms with Gasteiger partial charge in [-0.1, -0.05) is 19.8 Å². The van der Waals surface area contributed by atoms with E-state index in [0.29, 0.717) is 10.8 Å². The van der Waals surface area contributed by atoms with Gasteiger partial charge in [-0.2, -0.15) is 4.90 Å². The molecule has 21 heavy (non-hydrogen) atoms. The minimum Gasteiger partial charge on any atom is -0.468 e. The number of nitrogens with one attached hydrogen (secondary N) is 3. The van der Waals surface area contributed by atoms with Gasteiger partial charge < -0.3 is 15.4 Å². The number of methoxy groups -OCH3 is 1. The highest BCUT2D eigenvalue weighted by molar-refractivity contribution is 6.08. The zero-order chi connectivity index (χ0) is 16.0. The van der Waals surface area contributed by atoms with Gasteiger partial charge in [0.05, 0.1) is 7.11 Å². The van der Waals surface area contributed by atoms with Crippen LogP contribution in [0.25, 0.3) is 0 Å². The molecule has 1 aliphatic rings. The van der Waals surface area contributed by atoms with Crippen LogP contribution in [-0.2, 0) is 4.74 Å². The Balaban J connectivity index is 2.75. The third-order valence-electron chi connectivity index (χ3n) is 3.64. The summed E-state index contributed by atoms with van der Waals surface area (Å²) in [5.41, 5.74) is 0. The van der Waals surface area contributed by atoms with Crippen LogP contribution in [0.4, 0.5) is 9.59 Å². The van der Waals surface area contributed by atoms with Gasteiger partial charge in [0.2, 0.25) is 0 Å². The Kier molecular flexibility index (Phi) is 6.45. The third kappa shape index (κ3) is 4.91. The molecule has 0 aromatic rings. The van der Waals surface area contributed by atoms with Crippen LogP contribution in [0.5, 0.6) is 0 Å². The predicted octanol–water partition coefficient (Wildman–Crippen LogP) is 2.28. The van der Waals surface area contributed by atoms with Gasteiger partial charge in [0, 0.05) is 12.1 Å². The lowest BCUT2D eigenvalue weighted by Gasteiger charge is -2.31. The van der Waals surface area contributed by atoms with E-state index in [4.69, 9.17) is 10.1 Å². The fourth-order valence-corrected chi connectivity index (χ4v) is 2.43. The lowest BCUT2D eigenvalue weighted by Crippen LogP contribution is -2.56. The Morgan fingerprint density at radius 1 is 1.24 bits per heavy atom. The number of imide groups is 1. The zero-order valence-electron chi connectivity index (χ0n) is 13.2. The molecule has 2 atom stereocenters. The number of amides is 4. The van der Waals surface area contributed by atoms with Crippen molar-refractivity contribution in [1.82, 2.24) is 15.5 Å². The van der Waals surface area contributed by atoms with E-state index in [1.165, 1.54) is 13.5 Å². The average Bonchev–Trinajstić information content (AvgIpc) is 2.40. The molecule has 3 N–H and O–H groups in total. The molecule has 0 heterocycles. The van der Waals surface area contributed by atoms with Crippen molar-refractivity contribution >= 4 is 18.1 Å². The molecule has 2 unspecified atom stereocenters. The second-order valence-corrected chi connectivity index (χ2v) is 5.77. The summed E-state index contributed by atoms with van der Waals surface area (Å²) in [6, 6.07) is -1.86. The number of carbonyl (C=O) groups excluding carboxylic acids is 2. The first-order chi connectivity index (χ1) is 9.86. The number of hydrogen-bond donors (Lipinski definition) is 3. The smallest absolute Gasteiger partial charge is 0.334 e. The van der Waals surface area contributed by atoms with Crippen LogP contribution in [0.3, 0.4) is 0 Å². The normalized spacial score (nSPS) is 21.6. The van der Waals surface area contributed by atoms with Crippen molar-refractivity contribution in [1.29, 1.82) is 5.41 Å². The molecule has 1 saturated carbocycles.